The van der Waals surface area contributed by atoms with Crippen LogP contribution in [0.2, 0.25) is 0 Å². The van der Waals surface area contributed by atoms with Crippen LogP contribution in [0.4, 0.5) is 5.82 Å². The number of allylic oxidation sites excluding steroid dienone is 1. The third-order valence-electron chi connectivity index (χ3n) is 2.60. The van der Waals surface area contributed by atoms with Gasteiger partial charge in [0.15, 0.2) is 0 Å². The Balaban J connectivity index is 1.78. The molecule has 2 rings (SSSR count). The molecule has 1 aromatic rings. The van der Waals surface area contributed by atoms with E-state index in [2.05, 4.69) is 32.3 Å². The van der Waals surface area contributed by atoms with Crippen molar-refractivity contribution >= 4 is 21.7 Å². The number of nitrogens with one attached hydrogen (secondary N) is 1. The van der Waals surface area contributed by atoms with Crippen LogP contribution in [0.3, 0.4) is 0 Å². The molecule has 1 heterocycles. The van der Waals surface area contributed by atoms with Crippen molar-refractivity contribution in [1.82, 2.24) is 4.98 Å². The summed E-state index contributed by atoms with van der Waals surface area (Å²) in [7, 11) is 0. The second-order valence-corrected chi connectivity index (χ2v) is 4.59. The van der Waals surface area contributed by atoms with Crippen LogP contribution in [0, 0.1) is 0 Å². The number of pyridine rings is 1. The van der Waals surface area contributed by atoms with Crippen LogP contribution >= 0.6 is 15.9 Å². The average molecular weight is 267 g/mol. The zero-order chi connectivity index (χ0) is 10.5. The van der Waals surface area contributed by atoms with Gasteiger partial charge in [0, 0.05) is 6.54 Å². The summed E-state index contributed by atoms with van der Waals surface area (Å²) in [6.07, 6.45) is 7.41. The SMILES string of the molecule is Brc1cccc(NCCC2=CCCC2)n1. The predicted octanol–water partition coefficient (Wildman–Crippen LogP) is 3.76. The summed E-state index contributed by atoms with van der Waals surface area (Å²) in [6.45, 7) is 0.981. The van der Waals surface area contributed by atoms with Crippen molar-refractivity contribution in [2.75, 3.05) is 11.9 Å². The molecule has 0 atom stereocenters. The van der Waals surface area contributed by atoms with Crippen molar-refractivity contribution < 1.29 is 0 Å². The number of hydrogen-bond acceptors (Lipinski definition) is 2. The predicted molar refractivity (Wildman–Crippen MR) is 67.0 cm³/mol. The fourth-order valence-corrected chi connectivity index (χ4v) is 2.17. The molecule has 1 aromatic heterocycles. The summed E-state index contributed by atoms with van der Waals surface area (Å²) in [4.78, 5) is 4.32. The zero-order valence-electron chi connectivity index (χ0n) is 8.67. The van der Waals surface area contributed by atoms with Gasteiger partial charge in [-0.05, 0) is 53.7 Å². The number of aromatic nitrogens is 1. The first-order valence-electron chi connectivity index (χ1n) is 5.39. The van der Waals surface area contributed by atoms with Crippen molar-refractivity contribution in [2.24, 2.45) is 0 Å². The van der Waals surface area contributed by atoms with E-state index in [0.717, 1.165) is 23.4 Å². The van der Waals surface area contributed by atoms with Gasteiger partial charge in [0.25, 0.3) is 0 Å². The number of anilines is 1. The first-order valence-corrected chi connectivity index (χ1v) is 6.18. The lowest BCUT2D eigenvalue weighted by molar-refractivity contribution is 0.862. The van der Waals surface area contributed by atoms with Crippen molar-refractivity contribution in [2.45, 2.75) is 25.7 Å². The van der Waals surface area contributed by atoms with E-state index in [1.54, 1.807) is 5.57 Å². The molecule has 0 aromatic carbocycles. The highest BCUT2D eigenvalue weighted by Gasteiger charge is 2.03. The van der Waals surface area contributed by atoms with Gasteiger partial charge in [-0.2, -0.15) is 0 Å². The minimum atomic E-state index is 0.882. The molecule has 0 amide bonds. The summed E-state index contributed by atoms with van der Waals surface area (Å²) >= 11 is 3.36. The maximum absolute atomic E-state index is 4.32. The molecule has 0 bridgehead atoms. The molecule has 0 spiro atoms. The van der Waals surface area contributed by atoms with Gasteiger partial charge in [0.1, 0.15) is 10.4 Å². The fraction of sp³-hybridized carbons (Fsp3) is 0.417. The zero-order valence-corrected chi connectivity index (χ0v) is 10.3. The Kier molecular flexibility index (Phi) is 3.78. The van der Waals surface area contributed by atoms with Gasteiger partial charge in [-0.25, -0.2) is 4.98 Å². The fourth-order valence-electron chi connectivity index (χ4n) is 1.82. The van der Waals surface area contributed by atoms with Crippen molar-refractivity contribution in [3.05, 3.63) is 34.5 Å². The topological polar surface area (TPSA) is 24.9 Å². The molecule has 3 heteroatoms. The van der Waals surface area contributed by atoms with Crippen LogP contribution in [-0.4, -0.2) is 11.5 Å². The first kappa shape index (κ1) is 10.7. The lowest BCUT2D eigenvalue weighted by Crippen LogP contribution is -2.03. The summed E-state index contributed by atoms with van der Waals surface area (Å²) in [6, 6.07) is 5.92. The average Bonchev–Trinajstić information content (AvgIpc) is 2.71. The normalized spacial score (nSPS) is 15.1. The van der Waals surface area contributed by atoms with Gasteiger partial charge >= 0.3 is 0 Å². The molecule has 1 aliphatic carbocycles. The van der Waals surface area contributed by atoms with Crippen molar-refractivity contribution in [3.8, 4) is 0 Å². The number of nitrogens with zero attached hydrogens (tertiary/aromatic N) is 1. The Bertz CT molecular complexity index is 360. The van der Waals surface area contributed by atoms with E-state index in [1.165, 1.54) is 19.3 Å². The van der Waals surface area contributed by atoms with Crippen LogP contribution in [0.15, 0.2) is 34.5 Å². The molecule has 0 radical (unpaired) electrons. The molecular weight excluding hydrogens is 252 g/mol. The Morgan fingerprint density at radius 2 is 2.33 bits per heavy atom. The van der Waals surface area contributed by atoms with E-state index in [1.807, 2.05) is 18.2 Å². The molecular formula is C12H15BrN2. The molecule has 1 N–H and O–H groups in total. The van der Waals surface area contributed by atoms with Crippen LogP contribution in [0.25, 0.3) is 0 Å². The molecule has 2 nitrogen and oxygen atoms in total. The molecule has 0 unspecified atom stereocenters. The molecule has 0 aliphatic heterocycles. The Morgan fingerprint density at radius 1 is 1.40 bits per heavy atom. The van der Waals surface area contributed by atoms with Gasteiger partial charge in [0.05, 0.1) is 0 Å². The van der Waals surface area contributed by atoms with E-state index >= 15 is 0 Å². The van der Waals surface area contributed by atoms with Gasteiger partial charge < -0.3 is 5.32 Å². The van der Waals surface area contributed by atoms with Crippen LogP contribution in [0.1, 0.15) is 25.7 Å². The first-order chi connectivity index (χ1) is 7.34. The Labute approximate surface area is 98.9 Å². The summed E-state index contributed by atoms with van der Waals surface area (Å²) in [5, 5.41) is 3.33. The Morgan fingerprint density at radius 3 is 3.07 bits per heavy atom. The molecule has 1 aliphatic rings. The quantitative estimate of drug-likeness (QED) is 0.663. The van der Waals surface area contributed by atoms with Crippen LogP contribution < -0.4 is 5.32 Å². The second kappa shape index (κ2) is 5.31. The third kappa shape index (κ3) is 3.34. The highest BCUT2D eigenvalue weighted by atomic mass is 79.9. The summed E-state index contributed by atoms with van der Waals surface area (Å²) < 4.78 is 0.882. The van der Waals surface area contributed by atoms with E-state index < -0.39 is 0 Å². The van der Waals surface area contributed by atoms with Crippen LogP contribution in [0.5, 0.6) is 0 Å². The van der Waals surface area contributed by atoms with E-state index in [9.17, 15) is 0 Å². The molecule has 0 saturated heterocycles. The summed E-state index contributed by atoms with van der Waals surface area (Å²) in [5.74, 6) is 0.947. The molecule has 15 heavy (non-hydrogen) atoms. The maximum Gasteiger partial charge on any atom is 0.127 e. The second-order valence-electron chi connectivity index (χ2n) is 3.78. The molecule has 0 fully saturated rings. The summed E-state index contributed by atoms with van der Waals surface area (Å²) in [5.41, 5.74) is 1.59. The van der Waals surface area contributed by atoms with E-state index in [0.29, 0.717) is 0 Å². The number of hydrogen-bond donors (Lipinski definition) is 1. The highest BCUT2D eigenvalue weighted by Crippen LogP contribution is 2.20. The van der Waals surface area contributed by atoms with Gasteiger partial charge in [-0.3, -0.25) is 0 Å². The molecule has 0 saturated carbocycles. The van der Waals surface area contributed by atoms with Gasteiger partial charge in [0.2, 0.25) is 0 Å². The molecule has 80 valence electrons. The maximum atomic E-state index is 4.32. The minimum Gasteiger partial charge on any atom is -0.370 e. The highest BCUT2D eigenvalue weighted by molar-refractivity contribution is 9.10. The lowest BCUT2D eigenvalue weighted by atomic mass is 10.2. The number of rotatable bonds is 4. The minimum absolute atomic E-state index is 0.882. The Hall–Kier alpha value is -0.830. The van der Waals surface area contributed by atoms with Gasteiger partial charge in [-0.1, -0.05) is 17.7 Å². The standard InChI is InChI=1S/C12H15BrN2/c13-11-6-3-7-12(15-11)14-9-8-10-4-1-2-5-10/h3-4,6-7H,1-2,5,8-9H2,(H,14,15). The monoisotopic (exact) mass is 266 g/mol. The van der Waals surface area contributed by atoms with E-state index in [4.69, 9.17) is 0 Å². The van der Waals surface area contributed by atoms with Crippen molar-refractivity contribution in [1.29, 1.82) is 0 Å². The number of halogens is 1. The lowest BCUT2D eigenvalue weighted by Gasteiger charge is -2.06. The van der Waals surface area contributed by atoms with Crippen LogP contribution in [-0.2, 0) is 0 Å². The largest absolute Gasteiger partial charge is 0.370 e. The third-order valence-corrected chi connectivity index (χ3v) is 3.04. The van der Waals surface area contributed by atoms with Gasteiger partial charge in [-0.15, -0.1) is 0 Å². The smallest absolute Gasteiger partial charge is 0.127 e. The van der Waals surface area contributed by atoms with E-state index in [-0.39, 0.29) is 0 Å². The van der Waals surface area contributed by atoms with Crippen molar-refractivity contribution in [3.63, 3.8) is 0 Å².